The lowest BCUT2D eigenvalue weighted by atomic mass is 10.2. The number of carbonyl (C=O) groups is 1. The Labute approximate surface area is 146 Å². The lowest BCUT2D eigenvalue weighted by Crippen LogP contribution is -2.22. The van der Waals surface area contributed by atoms with Gasteiger partial charge in [-0.3, -0.25) is 14.2 Å². The molecule has 0 atom stereocenters. The number of aromatic nitrogens is 2. The molecule has 2 aromatic rings. The predicted octanol–water partition coefficient (Wildman–Crippen LogP) is 2.53. The Morgan fingerprint density at radius 2 is 2.04 bits per heavy atom. The first kappa shape index (κ1) is 18.3. The molecule has 1 aromatic carbocycles. The van der Waals surface area contributed by atoms with Crippen molar-refractivity contribution in [3.05, 3.63) is 58.0 Å². The number of benzene rings is 1. The lowest BCUT2D eigenvalue weighted by Gasteiger charge is -2.08. The van der Waals surface area contributed by atoms with Crippen LogP contribution < -0.4 is 10.9 Å². The van der Waals surface area contributed by atoms with Crippen molar-refractivity contribution in [3.8, 4) is 0 Å². The predicted molar refractivity (Wildman–Crippen MR) is 97.1 cm³/mol. The molecule has 0 radical (unpaired) electrons. The molecule has 0 aliphatic rings. The molecule has 0 unspecified atom stereocenters. The maximum atomic E-state index is 11.9. The zero-order chi connectivity index (χ0) is 17.4. The van der Waals surface area contributed by atoms with Crippen LogP contribution in [0.4, 0.5) is 0 Å². The molecule has 6 heteroatoms. The Kier molecular flexibility index (Phi) is 7.06. The van der Waals surface area contributed by atoms with Gasteiger partial charge in [0.2, 0.25) is 5.91 Å². The van der Waals surface area contributed by atoms with Crippen molar-refractivity contribution >= 4 is 17.7 Å². The second kappa shape index (κ2) is 9.27. The van der Waals surface area contributed by atoms with Crippen molar-refractivity contribution in [2.75, 3.05) is 5.75 Å². The highest BCUT2D eigenvalue weighted by Gasteiger charge is 2.07. The van der Waals surface area contributed by atoms with E-state index in [2.05, 4.69) is 10.3 Å². The smallest absolute Gasteiger partial charge is 0.254 e. The lowest BCUT2D eigenvalue weighted by molar-refractivity contribution is -0.121. The third-order valence-electron chi connectivity index (χ3n) is 3.62. The number of hydrogen-bond donors (Lipinski definition) is 1. The summed E-state index contributed by atoms with van der Waals surface area (Å²) in [5.41, 5.74) is 1.86. The van der Waals surface area contributed by atoms with Gasteiger partial charge in [-0.15, -0.1) is 0 Å². The van der Waals surface area contributed by atoms with Crippen LogP contribution in [0.15, 0.2) is 46.3 Å². The van der Waals surface area contributed by atoms with Gasteiger partial charge in [-0.1, -0.05) is 49.0 Å². The fourth-order valence-electron chi connectivity index (χ4n) is 2.16. The molecule has 0 aliphatic carbocycles. The van der Waals surface area contributed by atoms with Gasteiger partial charge in [-0.05, 0) is 18.4 Å². The van der Waals surface area contributed by atoms with Crippen LogP contribution in [0.1, 0.15) is 31.0 Å². The van der Waals surface area contributed by atoms with Crippen LogP contribution in [0, 0.1) is 0 Å². The maximum Gasteiger partial charge on any atom is 0.254 e. The van der Waals surface area contributed by atoms with Gasteiger partial charge in [-0.2, -0.15) is 0 Å². The van der Waals surface area contributed by atoms with Crippen molar-refractivity contribution in [2.45, 2.75) is 37.9 Å². The summed E-state index contributed by atoms with van der Waals surface area (Å²) < 4.78 is 1.55. The summed E-state index contributed by atoms with van der Waals surface area (Å²) in [6.07, 6.45) is 1.96. The Morgan fingerprint density at radius 1 is 1.29 bits per heavy atom. The number of carbonyl (C=O) groups excluding carboxylic acids is 1. The van der Waals surface area contributed by atoms with Crippen LogP contribution in [-0.4, -0.2) is 21.2 Å². The molecule has 0 aliphatic heterocycles. The van der Waals surface area contributed by atoms with E-state index in [4.69, 9.17) is 0 Å². The zero-order valence-electron chi connectivity index (χ0n) is 14.1. The van der Waals surface area contributed by atoms with Gasteiger partial charge < -0.3 is 5.32 Å². The van der Waals surface area contributed by atoms with Gasteiger partial charge in [-0.25, -0.2) is 4.98 Å². The minimum atomic E-state index is -0.0371. The van der Waals surface area contributed by atoms with Crippen molar-refractivity contribution < 1.29 is 4.79 Å². The molecule has 2 rings (SSSR count). The molecule has 24 heavy (non-hydrogen) atoms. The highest BCUT2D eigenvalue weighted by atomic mass is 32.2. The van der Waals surface area contributed by atoms with E-state index in [-0.39, 0.29) is 11.5 Å². The summed E-state index contributed by atoms with van der Waals surface area (Å²) in [5.74, 6) is 0.801. The number of thioether (sulfide) groups is 1. The van der Waals surface area contributed by atoms with Gasteiger partial charge >= 0.3 is 0 Å². The number of hydrogen-bond acceptors (Lipinski definition) is 4. The summed E-state index contributed by atoms with van der Waals surface area (Å²) in [7, 11) is 1.73. The first-order chi connectivity index (χ1) is 11.6. The summed E-state index contributed by atoms with van der Waals surface area (Å²) in [6.45, 7) is 2.54. The van der Waals surface area contributed by atoms with E-state index < -0.39 is 0 Å². The molecule has 1 N–H and O–H groups in total. The second-order valence-corrected chi connectivity index (χ2v) is 6.56. The molecule has 0 spiro atoms. The Bertz CT molecular complexity index is 729. The van der Waals surface area contributed by atoms with E-state index in [1.54, 1.807) is 17.7 Å². The number of rotatable bonds is 8. The monoisotopic (exact) mass is 345 g/mol. The fourth-order valence-corrected chi connectivity index (χ4v) is 3.09. The normalized spacial score (nSPS) is 10.6. The molecular formula is C18H23N3O2S. The number of aryl methyl sites for hydroxylation is 1. The average Bonchev–Trinajstić information content (AvgIpc) is 2.61. The minimum Gasteiger partial charge on any atom is -0.352 e. The SMILES string of the molecule is CCc1cc(=O)n(C)c(SCCCC(=O)NCc2ccccc2)n1. The van der Waals surface area contributed by atoms with Crippen molar-refractivity contribution in [1.82, 2.24) is 14.9 Å². The number of amides is 1. The minimum absolute atomic E-state index is 0.0371. The molecule has 128 valence electrons. The number of nitrogens with one attached hydrogen (secondary N) is 1. The van der Waals surface area contributed by atoms with Gasteiger partial charge in [0.05, 0.1) is 0 Å². The topological polar surface area (TPSA) is 64.0 Å². The van der Waals surface area contributed by atoms with Crippen LogP contribution in [0.5, 0.6) is 0 Å². The molecule has 0 saturated carbocycles. The van der Waals surface area contributed by atoms with Crippen molar-refractivity contribution in [1.29, 1.82) is 0 Å². The van der Waals surface area contributed by atoms with E-state index in [9.17, 15) is 9.59 Å². The molecular weight excluding hydrogens is 322 g/mol. The van der Waals surface area contributed by atoms with E-state index in [0.717, 1.165) is 29.9 Å². The standard InChI is InChI=1S/C18H23N3O2S/c1-3-15-12-17(23)21(2)18(20-15)24-11-7-10-16(22)19-13-14-8-5-4-6-9-14/h4-6,8-9,12H,3,7,10-11,13H2,1-2H3,(H,19,22). The highest BCUT2D eigenvalue weighted by molar-refractivity contribution is 7.99. The molecule has 5 nitrogen and oxygen atoms in total. The van der Waals surface area contributed by atoms with E-state index >= 15 is 0 Å². The third kappa shape index (κ3) is 5.53. The summed E-state index contributed by atoms with van der Waals surface area (Å²) in [6, 6.07) is 11.4. The van der Waals surface area contributed by atoms with E-state index in [0.29, 0.717) is 18.1 Å². The fraction of sp³-hybridized carbons (Fsp3) is 0.389. The maximum absolute atomic E-state index is 11.9. The van der Waals surface area contributed by atoms with Crippen LogP contribution in [0.25, 0.3) is 0 Å². The Hall–Kier alpha value is -2.08. The van der Waals surface area contributed by atoms with Crippen LogP contribution in [0.3, 0.4) is 0 Å². The molecule has 0 fully saturated rings. The van der Waals surface area contributed by atoms with Crippen molar-refractivity contribution in [3.63, 3.8) is 0 Å². The zero-order valence-corrected chi connectivity index (χ0v) is 14.9. The van der Waals surface area contributed by atoms with Crippen molar-refractivity contribution in [2.24, 2.45) is 7.05 Å². The van der Waals surface area contributed by atoms with Crippen LogP contribution in [-0.2, 0) is 24.8 Å². The third-order valence-corrected chi connectivity index (χ3v) is 4.74. The molecule has 1 heterocycles. The summed E-state index contributed by atoms with van der Waals surface area (Å²) in [4.78, 5) is 28.2. The van der Waals surface area contributed by atoms with Crippen LogP contribution >= 0.6 is 11.8 Å². The molecule has 0 saturated heterocycles. The molecule has 1 aromatic heterocycles. The Morgan fingerprint density at radius 3 is 2.75 bits per heavy atom. The summed E-state index contributed by atoms with van der Waals surface area (Å²) in [5, 5.41) is 3.63. The van der Waals surface area contributed by atoms with Crippen LogP contribution in [0.2, 0.25) is 0 Å². The number of nitrogens with zero attached hydrogens (tertiary/aromatic N) is 2. The largest absolute Gasteiger partial charge is 0.352 e. The summed E-state index contributed by atoms with van der Waals surface area (Å²) >= 11 is 1.52. The van der Waals surface area contributed by atoms with Gasteiger partial charge in [0, 0.05) is 37.5 Å². The van der Waals surface area contributed by atoms with Gasteiger partial charge in [0.25, 0.3) is 5.56 Å². The Balaban J connectivity index is 1.74. The second-order valence-electron chi connectivity index (χ2n) is 5.50. The quantitative estimate of drug-likeness (QED) is 0.454. The van der Waals surface area contributed by atoms with E-state index in [1.807, 2.05) is 37.3 Å². The van der Waals surface area contributed by atoms with Gasteiger partial charge in [0.15, 0.2) is 5.16 Å². The first-order valence-electron chi connectivity index (χ1n) is 8.10. The average molecular weight is 345 g/mol. The van der Waals surface area contributed by atoms with E-state index in [1.165, 1.54) is 11.8 Å². The molecule has 1 amide bonds. The van der Waals surface area contributed by atoms with Gasteiger partial charge in [0.1, 0.15) is 0 Å². The molecule has 0 bridgehead atoms. The highest BCUT2D eigenvalue weighted by Crippen LogP contribution is 2.15. The first-order valence-corrected chi connectivity index (χ1v) is 9.09.